The molecule has 3 unspecified atom stereocenters. The van der Waals surface area contributed by atoms with Crippen LogP contribution in [0.1, 0.15) is 101 Å². The van der Waals surface area contributed by atoms with Crippen molar-refractivity contribution in [2.24, 2.45) is 0 Å². The third-order valence-corrected chi connectivity index (χ3v) is 11.9. The molecule has 4 N–H and O–H groups in total. The molecule has 0 aliphatic rings. The summed E-state index contributed by atoms with van der Waals surface area (Å²) < 4.78 is 39.0. The van der Waals surface area contributed by atoms with E-state index in [-0.39, 0.29) is 49.9 Å². The van der Waals surface area contributed by atoms with E-state index in [4.69, 9.17) is 5.73 Å². The molecule has 0 radical (unpaired) electrons. The SMILES string of the molecule is C.C.CC(=O)C(c1ccncc1)c1ccc(F)cc1.CCN(CC)c1ccc(N)cc1.CCN(CC)c1ccc(NC(=O)C(c2ccncc2)c2ccc(F)cc2)cc1.O=C(O)C(c1ccncc1)c1ccc(F)cc1. The lowest BCUT2D eigenvalue weighted by Crippen LogP contribution is -2.23. The van der Waals surface area contributed by atoms with Crippen LogP contribution in [0.5, 0.6) is 0 Å². The molecular weight excluding hydrogens is 964 g/mol. The van der Waals surface area contributed by atoms with Gasteiger partial charge in [0, 0.05) is 86.1 Å². The van der Waals surface area contributed by atoms with E-state index in [0.717, 1.165) is 65.5 Å². The summed E-state index contributed by atoms with van der Waals surface area (Å²) in [6.07, 6.45) is 9.67. The number of halogens is 3. The maximum atomic E-state index is 13.3. The van der Waals surface area contributed by atoms with Crippen LogP contribution in [0.2, 0.25) is 0 Å². The van der Waals surface area contributed by atoms with Gasteiger partial charge >= 0.3 is 5.97 Å². The second kappa shape index (κ2) is 31.8. The van der Waals surface area contributed by atoms with Crippen LogP contribution >= 0.6 is 0 Å². The number of aromatic nitrogens is 3. The summed E-state index contributed by atoms with van der Waals surface area (Å²) in [4.78, 5) is 52.4. The molecule has 11 nitrogen and oxygen atoms in total. The second-order valence-corrected chi connectivity index (χ2v) is 16.7. The van der Waals surface area contributed by atoms with Gasteiger partial charge in [-0.1, -0.05) is 51.3 Å². The van der Waals surface area contributed by atoms with Crippen molar-refractivity contribution in [1.29, 1.82) is 0 Å². The molecular formula is C62H70F3N7O4. The van der Waals surface area contributed by atoms with E-state index in [9.17, 15) is 32.7 Å². The Morgan fingerprint density at radius 1 is 0.461 bits per heavy atom. The van der Waals surface area contributed by atoms with Gasteiger partial charge in [0.1, 0.15) is 29.2 Å². The number of amides is 1. The number of carboxylic acid groups (broad SMARTS) is 1. The molecule has 0 aliphatic carbocycles. The molecule has 5 aromatic carbocycles. The highest BCUT2D eigenvalue weighted by molar-refractivity contribution is 5.98. The molecule has 0 fully saturated rings. The largest absolute Gasteiger partial charge is 0.481 e. The molecule has 0 bridgehead atoms. The number of anilines is 4. The Kier molecular flexibility index (Phi) is 25.8. The molecule has 0 saturated heterocycles. The summed E-state index contributed by atoms with van der Waals surface area (Å²) in [5, 5.41) is 12.2. The molecule has 0 spiro atoms. The van der Waals surface area contributed by atoms with Crippen molar-refractivity contribution < 1.29 is 32.7 Å². The smallest absolute Gasteiger partial charge is 0.315 e. The Bertz CT molecular complexity index is 2810. The molecule has 3 aromatic heterocycles. The zero-order chi connectivity index (χ0) is 53.4. The van der Waals surface area contributed by atoms with E-state index in [1.165, 1.54) is 73.5 Å². The van der Waals surface area contributed by atoms with Crippen LogP contribution in [0, 0.1) is 17.5 Å². The number of hydrogen-bond donors (Lipinski definition) is 3. The maximum absolute atomic E-state index is 13.3. The number of pyridine rings is 3. The van der Waals surface area contributed by atoms with E-state index < -0.39 is 17.8 Å². The number of benzene rings is 5. The summed E-state index contributed by atoms with van der Waals surface area (Å²) >= 11 is 0. The van der Waals surface area contributed by atoms with E-state index in [1.807, 2.05) is 36.4 Å². The quantitative estimate of drug-likeness (QED) is 0.0797. The number of rotatable bonds is 16. The van der Waals surface area contributed by atoms with Crippen molar-refractivity contribution in [2.75, 3.05) is 47.0 Å². The van der Waals surface area contributed by atoms with Crippen LogP contribution < -0.4 is 20.9 Å². The highest BCUT2D eigenvalue weighted by Crippen LogP contribution is 2.29. The highest BCUT2D eigenvalue weighted by atomic mass is 19.1. The molecule has 3 heterocycles. The van der Waals surface area contributed by atoms with E-state index >= 15 is 0 Å². The Hall–Kier alpha value is -8.65. The minimum Gasteiger partial charge on any atom is -0.481 e. The van der Waals surface area contributed by atoms with E-state index in [2.05, 4.69) is 69.9 Å². The number of ketones is 1. The van der Waals surface area contributed by atoms with E-state index in [0.29, 0.717) is 11.1 Å². The fourth-order valence-corrected chi connectivity index (χ4v) is 8.10. The Labute approximate surface area is 446 Å². The molecule has 0 aliphatic heterocycles. The van der Waals surface area contributed by atoms with Gasteiger partial charge < -0.3 is 26.0 Å². The van der Waals surface area contributed by atoms with Gasteiger partial charge in [-0.15, -0.1) is 0 Å². The zero-order valence-electron chi connectivity index (χ0n) is 42.2. The average Bonchev–Trinajstić information content (AvgIpc) is 3.41. The third kappa shape index (κ3) is 18.4. The summed E-state index contributed by atoms with van der Waals surface area (Å²) in [6, 6.07) is 43.8. The lowest BCUT2D eigenvalue weighted by atomic mass is 9.89. The Morgan fingerprint density at radius 2 is 0.750 bits per heavy atom. The Balaban J connectivity index is 0.000000277. The topological polar surface area (TPSA) is 155 Å². The lowest BCUT2D eigenvalue weighted by Gasteiger charge is -2.22. The number of Topliss-reactive ketones (excluding diaryl/α,β-unsaturated/α-hetero) is 1. The fraction of sp³-hybridized carbons (Fsp3) is 0.226. The first kappa shape index (κ1) is 61.6. The van der Waals surface area contributed by atoms with Gasteiger partial charge in [-0.2, -0.15) is 0 Å². The fourth-order valence-electron chi connectivity index (χ4n) is 8.10. The van der Waals surface area contributed by atoms with Crippen molar-refractivity contribution in [1.82, 2.24) is 15.0 Å². The average molecular weight is 1030 g/mol. The number of nitrogens with two attached hydrogens (primary N) is 1. The van der Waals surface area contributed by atoms with Gasteiger partial charge in [-0.05, 0) is 189 Å². The Morgan fingerprint density at radius 3 is 1.08 bits per heavy atom. The van der Waals surface area contributed by atoms with Gasteiger partial charge in [-0.3, -0.25) is 29.3 Å². The normalized spacial score (nSPS) is 11.3. The molecule has 0 saturated carbocycles. The lowest BCUT2D eigenvalue weighted by molar-refractivity contribution is -0.137. The van der Waals surface area contributed by atoms with Gasteiger partial charge in [0.15, 0.2) is 0 Å². The first-order valence-corrected chi connectivity index (χ1v) is 24.2. The third-order valence-electron chi connectivity index (χ3n) is 11.9. The number of aliphatic carboxylic acids is 1. The van der Waals surface area contributed by atoms with Crippen molar-refractivity contribution in [3.05, 3.63) is 246 Å². The van der Waals surface area contributed by atoms with Crippen LogP contribution in [0.3, 0.4) is 0 Å². The van der Waals surface area contributed by atoms with E-state index in [1.54, 1.807) is 85.5 Å². The molecule has 8 aromatic rings. The molecule has 398 valence electrons. The van der Waals surface area contributed by atoms with Crippen molar-refractivity contribution in [3.63, 3.8) is 0 Å². The van der Waals surface area contributed by atoms with Gasteiger partial charge in [0.25, 0.3) is 0 Å². The molecule has 1 amide bonds. The standard InChI is InChI=1S/C23H24FN3O.C14H12FNO.C13H10FNO2.C10H16N2.2CH4/c1-3-27(4-2)21-11-9-20(10-12-21)26-23(28)22(18-13-15-25-16-14-18)17-5-7-19(24)8-6-17;1-10(17)14(12-6-8-16-9-7-12)11-2-4-13(15)5-3-11;14-11-3-1-9(2-4-11)12(13(16)17)10-5-7-15-8-6-10;1-3-12(4-2)10-7-5-9(11)6-8-10;;/h5-16,22H,3-4H2,1-2H3,(H,26,28);2-9,14H,1H3;1-8,12H,(H,16,17);5-8H,3-4,11H2,1-2H3;2*1H4. The van der Waals surface area contributed by atoms with Crippen LogP contribution in [0.25, 0.3) is 0 Å². The van der Waals surface area contributed by atoms with Gasteiger partial charge in [0.05, 0.1) is 11.8 Å². The number of nitrogen functional groups attached to an aromatic ring is 1. The number of carboxylic acids is 1. The second-order valence-electron chi connectivity index (χ2n) is 16.7. The number of nitrogens with zero attached hydrogens (tertiary/aromatic N) is 5. The molecule has 8 rings (SSSR count). The summed E-state index contributed by atoms with van der Waals surface area (Å²) in [6.45, 7) is 14.0. The summed E-state index contributed by atoms with van der Waals surface area (Å²) in [5.74, 6) is -3.81. The van der Waals surface area contributed by atoms with Crippen LogP contribution in [-0.2, 0) is 14.4 Å². The highest BCUT2D eigenvalue weighted by Gasteiger charge is 2.24. The predicted octanol–water partition coefficient (Wildman–Crippen LogP) is 13.6. The maximum Gasteiger partial charge on any atom is 0.315 e. The minimum atomic E-state index is -0.970. The molecule has 14 heteroatoms. The molecule has 76 heavy (non-hydrogen) atoms. The van der Waals surface area contributed by atoms with Crippen molar-refractivity contribution in [2.45, 2.75) is 67.2 Å². The predicted molar refractivity (Wildman–Crippen MR) is 302 cm³/mol. The first-order chi connectivity index (χ1) is 35.8. The number of nitrogens with one attached hydrogen (secondary N) is 1. The van der Waals surface area contributed by atoms with Crippen LogP contribution in [-0.4, -0.2) is 63.9 Å². The van der Waals surface area contributed by atoms with Crippen LogP contribution in [0.15, 0.2) is 195 Å². The number of carbonyl (C=O) groups excluding carboxylic acids is 2. The number of hydrogen-bond acceptors (Lipinski definition) is 9. The summed E-state index contributed by atoms with van der Waals surface area (Å²) in [7, 11) is 0. The van der Waals surface area contributed by atoms with Crippen molar-refractivity contribution in [3.8, 4) is 0 Å². The zero-order valence-corrected chi connectivity index (χ0v) is 42.2. The molecule has 3 atom stereocenters. The van der Waals surface area contributed by atoms with Crippen molar-refractivity contribution >= 4 is 40.4 Å². The first-order valence-electron chi connectivity index (χ1n) is 24.2. The summed E-state index contributed by atoms with van der Waals surface area (Å²) in [5.41, 5.74) is 13.9. The van der Waals surface area contributed by atoms with Gasteiger partial charge in [-0.25, -0.2) is 13.2 Å². The number of carbonyl (C=O) groups is 3. The van der Waals surface area contributed by atoms with Crippen LogP contribution in [0.4, 0.5) is 35.9 Å². The monoisotopic (exact) mass is 1030 g/mol. The minimum absolute atomic E-state index is 0. The van der Waals surface area contributed by atoms with Gasteiger partial charge in [0.2, 0.25) is 5.91 Å².